The quantitative estimate of drug-likeness (QED) is 0.481. The van der Waals surface area contributed by atoms with Crippen LogP contribution in [0.1, 0.15) is 25.1 Å². The number of nitrogen functional groups attached to an aromatic ring is 1. The molecule has 0 aliphatic rings. The van der Waals surface area contributed by atoms with Crippen molar-refractivity contribution in [2.45, 2.75) is 33.3 Å². The van der Waals surface area contributed by atoms with Gasteiger partial charge in [0.05, 0.1) is 11.5 Å². The lowest BCUT2D eigenvalue weighted by atomic mass is 10.1. The van der Waals surface area contributed by atoms with Gasteiger partial charge >= 0.3 is 0 Å². The molecule has 0 fully saturated rings. The molecule has 1 unspecified atom stereocenters. The van der Waals surface area contributed by atoms with Crippen LogP contribution in [-0.4, -0.2) is 27.7 Å². The lowest BCUT2D eigenvalue weighted by Gasteiger charge is -2.15. The molecular formula is C13H21N5OS. The fourth-order valence-corrected chi connectivity index (χ4v) is 2.96. The number of nitrogens with two attached hydrogens (primary N) is 1. The van der Waals surface area contributed by atoms with Crippen molar-refractivity contribution in [3.05, 3.63) is 10.9 Å². The summed E-state index contributed by atoms with van der Waals surface area (Å²) in [5, 5.41) is 14.1. The summed E-state index contributed by atoms with van der Waals surface area (Å²) in [5.74, 6) is 6.93. The van der Waals surface area contributed by atoms with Gasteiger partial charge in [0.2, 0.25) is 5.95 Å². The molecule has 0 spiro atoms. The average Bonchev–Trinajstić information content (AvgIpc) is 2.75. The van der Waals surface area contributed by atoms with Gasteiger partial charge in [-0.3, -0.25) is 5.43 Å². The standard InChI is InChI=1S/C13H21N5OS/c1-7(2)4-9(19)6-15-11-10-5-8(3)20-12(10)17-13(16-11)18-14/h5,7,9,19H,4,6,14H2,1-3H3,(H2,15,16,17,18). The Bertz CT molecular complexity index is 583. The Balaban J connectivity index is 2.19. The van der Waals surface area contributed by atoms with E-state index in [4.69, 9.17) is 5.84 Å². The smallest absolute Gasteiger partial charge is 0.240 e. The van der Waals surface area contributed by atoms with E-state index >= 15 is 0 Å². The van der Waals surface area contributed by atoms with Gasteiger partial charge in [-0.05, 0) is 25.3 Å². The minimum Gasteiger partial charge on any atom is -0.391 e. The molecule has 2 heterocycles. The lowest BCUT2D eigenvalue weighted by Crippen LogP contribution is -2.22. The average molecular weight is 295 g/mol. The first-order valence-electron chi connectivity index (χ1n) is 6.66. The van der Waals surface area contributed by atoms with E-state index in [2.05, 4.69) is 34.6 Å². The van der Waals surface area contributed by atoms with Crippen LogP contribution in [0.4, 0.5) is 11.8 Å². The first kappa shape index (κ1) is 15.0. The first-order chi connectivity index (χ1) is 9.49. The normalized spacial score (nSPS) is 12.9. The number of rotatable bonds is 6. The fourth-order valence-electron chi connectivity index (χ4n) is 2.08. The van der Waals surface area contributed by atoms with Crippen LogP contribution in [0.25, 0.3) is 10.2 Å². The molecule has 7 heteroatoms. The van der Waals surface area contributed by atoms with Gasteiger partial charge in [0.15, 0.2) is 0 Å². The number of aliphatic hydroxyl groups is 1. The van der Waals surface area contributed by atoms with E-state index in [0.717, 1.165) is 21.5 Å². The number of hydrazine groups is 1. The second kappa shape index (κ2) is 6.34. The number of thiophene rings is 1. The van der Waals surface area contributed by atoms with Crippen LogP contribution in [0.5, 0.6) is 0 Å². The molecule has 0 radical (unpaired) electrons. The Labute approximate surface area is 122 Å². The van der Waals surface area contributed by atoms with E-state index in [9.17, 15) is 5.11 Å². The monoisotopic (exact) mass is 295 g/mol. The number of aromatic nitrogens is 2. The van der Waals surface area contributed by atoms with Crippen molar-refractivity contribution >= 4 is 33.3 Å². The molecule has 6 nitrogen and oxygen atoms in total. The molecule has 0 aliphatic heterocycles. The number of aryl methyl sites for hydroxylation is 1. The molecular weight excluding hydrogens is 274 g/mol. The van der Waals surface area contributed by atoms with Crippen LogP contribution in [-0.2, 0) is 0 Å². The van der Waals surface area contributed by atoms with Gasteiger partial charge < -0.3 is 10.4 Å². The van der Waals surface area contributed by atoms with Gasteiger partial charge in [-0.2, -0.15) is 4.98 Å². The first-order valence-corrected chi connectivity index (χ1v) is 7.48. The Morgan fingerprint density at radius 3 is 2.80 bits per heavy atom. The number of nitrogens with zero attached hydrogens (tertiary/aromatic N) is 2. The second-order valence-corrected chi connectivity index (χ2v) is 6.52. The summed E-state index contributed by atoms with van der Waals surface area (Å²) in [4.78, 5) is 10.7. The van der Waals surface area contributed by atoms with Crippen molar-refractivity contribution in [3.63, 3.8) is 0 Å². The van der Waals surface area contributed by atoms with Gasteiger partial charge in [0.25, 0.3) is 0 Å². The summed E-state index contributed by atoms with van der Waals surface area (Å²) in [7, 11) is 0. The SMILES string of the molecule is Cc1cc2c(NCC(O)CC(C)C)nc(NN)nc2s1. The van der Waals surface area contributed by atoms with E-state index < -0.39 is 6.10 Å². The molecule has 2 aromatic heterocycles. The van der Waals surface area contributed by atoms with Gasteiger partial charge in [0.1, 0.15) is 10.6 Å². The minimum atomic E-state index is -0.394. The number of anilines is 2. The molecule has 0 amide bonds. The number of aliphatic hydroxyl groups excluding tert-OH is 1. The Kier molecular flexibility index (Phi) is 4.74. The van der Waals surface area contributed by atoms with Crippen LogP contribution < -0.4 is 16.6 Å². The van der Waals surface area contributed by atoms with Crippen molar-refractivity contribution in [2.75, 3.05) is 17.3 Å². The highest BCUT2D eigenvalue weighted by molar-refractivity contribution is 7.18. The summed E-state index contributed by atoms with van der Waals surface area (Å²) in [6, 6.07) is 2.04. The van der Waals surface area contributed by atoms with Crippen molar-refractivity contribution in [3.8, 4) is 0 Å². The van der Waals surface area contributed by atoms with E-state index in [0.29, 0.717) is 24.2 Å². The van der Waals surface area contributed by atoms with E-state index in [1.807, 2.05) is 13.0 Å². The van der Waals surface area contributed by atoms with Crippen LogP contribution in [0.2, 0.25) is 0 Å². The van der Waals surface area contributed by atoms with Gasteiger partial charge in [0, 0.05) is 11.4 Å². The summed E-state index contributed by atoms with van der Waals surface area (Å²) < 4.78 is 0. The highest BCUT2D eigenvalue weighted by Crippen LogP contribution is 2.29. The van der Waals surface area contributed by atoms with E-state index in [-0.39, 0.29) is 0 Å². The van der Waals surface area contributed by atoms with Crippen LogP contribution in [0.15, 0.2) is 6.07 Å². The third-order valence-electron chi connectivity index (χ3n) is 2.89. The second-order valence-electron chi connectivity index (χ2n) is 5.28. The Hall–Kier alpha value is -1.44. The number of hydrogen-bond donors (Lipinski definition) is 4. The summed E-state index contributed by atoms with van der Waals surface area (Å²) in [6.07, 6.45) is 0.361. The summed E-state index contributed by atoms with van der Waals surface area (Å²) >= 11 is 1.59. The van der Waals surface area contributed by atoms with Gasteiger partial charge in [-0.15, -0.1) is 11.3 Å². The third kappa shape index (κ3) is 3.56. The lowest BCUT2D eigenvalue weighted by molar-refractivity contribution is 0.161. The molecule has 0 bridgehead atoms. The molecule has 1 atom stereocenters. The summed E-state index contributed by atoms with van der Waals surface area (Å²) in [5.41, 5.74) is 2.47. The van der Waals surface area contributed by atoms with Crippen molar-refractivity contribution in [2.24, 2.45) is 11.8 Å². The predicted molar refractivity (Wildman–Crippen MR) is 83.9 cm³/mol. The minimum absolute atomic E-state index is 0.375. The van der Waals surface area contributed by atoms with Crippen molar-refractivity contribution in [1.29, 1.82) is 0 Å². The number of hydrogen-bond acceptors (Lipinski definition) is 7. The highest BCUT2D eigenvalue weighted by Gasteiger charge is 2.12. The predicted octanol–water partition coefficient (Wildman–Crippen LogP) is 2.10. The number of fused-ring (bicyclic) bond motifs is 1. The fraction of sp³-hybridized carbons (Fsp3) is 0.538. The zero-order chi connectivity index (χ0) is 14.7. The molecule has 2 rings (SSSR count). The van der Waals surface area contributed by atoms with Gasteiger partial charge in [-0.25, -0.2) is 10.8 Å². The van der Waals surface area contributed by atoms with Crippen molar-refractivity contribution < 1.29 is 5.11 Å². The maximum absolute atomic E-state index is 9.94. The Morgan fingerprint density at radius 2 is 2.15 bits per heavy atom. The zero-order valence-electron chi connectivity index (χ0n) is 12.0. The molecule has 0 aromatic carbocycles. The zero-order valence-corrected chi connectivity index (χ0v) is 12.8. The Morgan fingerprint density at radius 1 is 1.40 bits per heavy atom. The third-order valence-corrected chi connectivity index (χ3v) is 3.84. The molecule has 0 saturated carbocycles. The van der Waals surface area contributed by atoms with Gasteiger partial charge in [-0.1, -0.05) is 13.8 Å². The molecule has 0 saturated heterocycles. The molecule has 2 aromatic rings. The summed E-state index contributed by atoms with van der Waals surface area (Å²) in [6.45, 7) is 6.66. The van der Waals surface area contributed by atoms with E-state index in [1.165, 1.54) is 0 Å². The maximum Gasteiger partial charge on any atom is 0.240 e. The number of nitrogens with one attached hydrogen (secondary N) is 2. The highest BCUT2D eigenvalue weighted by atomic mass is 32.1. The largest absolute Gasteiger partial charge is 0.391 e. The molecule has 5 N–H and O–H groups in total. The topological polar surface area (TPSA) is 96.1 Å². The van der Waals surface area contributed by atoms with Crippen molar-refractivity contribution in [1.82, 2.24) is 9.97 Å². The van der Waals surface area contributed by atoms with E-state index in [1.54, 1.807) is 11.3 Å². The van der Waals surface area contributed by atoms with Crippen LogP contribution >= 0.6 is 11.3 Å². The van der Waals surface area contributed by atoms with Crippen LogP contribution in [0.3, 0.4) is 0 Å². The molecule has 0 aliphatic carbocycles. The van der Waals surface area contributed by atoms with Crippen LogP contribution in [0, 0.1) is 12.8 Å². The molecule has 20 heavy (non-hydrogen) atoms. The maximum atomic E-state index is 9.94. The molecule has 110 valence electrons.